The van der Waals surface area contributed by atoms with Gasteiger partial charge in [0.1, 0.15) is 12.1 Å². The molecule has 0 unspecified atom stereocenters. The lowest BCUT2D eigenvalue weighted by Crippen LogP contribution is -2.53. The lowest BCUT2D eigenvalue weighted by atomic mass is 9.93. The lowest BCUT2D eigenvalue weighted by molar-refractivity contribution is 0.308. The largest absolute Gasteiger partial charge is 0.354 e. The molecule has 9 nitrogen and oxygen atoms in total. The van der Waals surface area contributed by atoms with Crippen LogP contribution in [0.25, 0.3) is 16.7 Å². The van der Waals surface area contributed by atoms with Gasteiger partial charge >= 0.3 is 0 Å². The fourth-order valence-corrected chi connectivity index (χ4v) is 6.72. The van der Waals surface area contributed by atoms with E-state index in [0.717, 1.165) is 41.5 Å². The van der Waals surface area contributed by atoms with Gasteiger partial charge in [0.15, 0.2) is 5.82 Å². The molecular weight excluding hydrogens is 438 g/mol. The topological polar surface area (TPSA) is 108 Å². The molecule has 2 aromatic heterocycles. The van der Waals surface area contributed by atoms with Crippen molar-refractivity contribution in [2.75, 3.05) is 30.8 Å². The number of benzene rings is 1. The van der Waals surface area contributed by atoms with Crippen molar-refractivity contribution >= 4 is 26.7 Å². The Morgan fingerprint density at radius 2 is 1.94 bits per heavy atom. The highest BCUT2D eigenvalue weighted by Gasteiger charge is 2.75. The summed E-state index contributed by atoms with van der Waals surface area (Å²) >= 11 is 0. The molecule has 1 aliphatic heterocycles. The van der Waals surface area contributed by atoms with Gasteiger partial charge in [-0.3, -0.25) is 0 Å². The third kappa shape index (κ3) is 3.06. The van der Waals surface area contributed by atoms with Gasteiger partial charge in [-0.05, 0) is 43.2 Å². The number of fused-ring (bicyclic) bond motifs is 1. The molecule has 2 saturated carbocycles. The Kier molecular flexibility index (Phi) is 4.20. The molecule has 2 aliphatic carbocycles. The van der Waals surface area contributed by atoms with E-state index in [-0.39, 0.29) is 16.9 Å². The second-order valence-electron chi connectivity index (χ2n) is 9.71. The Hall–Kier alpha value is -3.03. The monoisotopic (exact) mass is 463 g/mol. The van der Waals surface area contributed by atoms with Crippen LogP contribution in [0.4, 0.5) is 5.82 Å². The van der Waals surface area contributed by atoms with E-state index in [4.69, 9.17) is 0 Å². The molecule has 2 atom stereocenters. The summed E-state index contributed by atoms with van der Waals surface area (Å²) in [5.74, 6) is 1.39. The molecule has 3 fully saturated rings. The highest BCUT2D eigenvalue weighted by atomic mass is 32.2. The summed E-state index contributed by atoms with van der Waals surface area (Å²) < 4.78 is 27.3. The predicted molar refractivity (Wildman–Crippen MR) is 123 cm³/mol. The molecule has 6 rings (SSSR count). The SMILES string of the molecule is C[C@H]1CN(c2cc(-n3ncc4ccc([C@]5(C#N)CC56CC6)cc43)ncn2)CCN1S(C)(=O)=O. The second-order valence-corrected chi connectivity index (χ2v) is 11.6. The van der Waals surface area contributed by atoms with Gasteiger partial charge in [0, 0.05) is 37.1 Å². The van der Waals surface area contributed by atoms with Crippen molar-refractivity contribution in [2.45, 2.75) is 37.6 Å². The summed E-state index contributed by atoms with van der Waals surface area (Å²) in [6.45, 7) is 3.45. The first-order valence-electron chi connectivity index (χ1n) is 11.2. The summed E-state index contributed by atoms with van der Waals surface area (Å²) in [4.78, 5) is 11.0. The van der Waals surface area contributed by atoms with Crippen molar-refractivity contribution in [3.63, 3.8) is 0 Å². The molecule has 0 N–H and O–H groups in total. The first-order chi connectivity index (χ1) is 15.8. The first-order valence-corrected chi connectivity index (χ1v) is 13.0. The Morgan fingerprint density at radius 1 is 1.15 bits per heavy atom. The summed E-state index contributed by atoms with van der Waals surface area (Å²) in [7, 11) is -3.23. The maximum Gasteiger partial charge on any atom is 0.211 e. The van der Waals surface area contributed by atoms with Crippen molar-refractivity contribution in [1.82, 2.24) is 24.1 Å². The summed E-state index contributed by atoms with van der Waals surface area (Å²) in [6.07, 6.45) is 7.81. The second kappa shape index (κ2) is 6.74. The van der Waals surface area contributed by atoms with E-state index in [1.54, 1.807) is 4.68 Å². The molecule has 10 heteroatoms. The van der Waals surface area contributed by atoms with E-state index >= 15 is 0 Å². The van der Waals surface area contributed by atoms with Crippen LogP contribution in [0.3, 0.4) is 0 Å². The van der Waals surface area contributed by atoms with Crippen LogP contribution in [0.5, 0.6) is 0 Å². The number of nitriles is 1. The molecule has 1 saturated heterocycles. The van der Waals surface area contributed by atoms with Crippen LogP contribution in [-0.4, -0.2) is 64.4 Å². The number of piperazine rings is 1. The number of sulfonamides is 1. The number of anilines is 1. The first kappa shape index (κ1) is 20.6. The van der Waals surface area contributed by atoms with E-state index in [1.807, 2.05) is 25.3 Å². The highest BCUT2D eigenvalue weighted by molar-refractivity contribution is 7.88. The van der Waals surface area contributed by atoms with Crippen molar-refractivity contribution < 1.29 is 8.42 Å². The molecule has 1 spiro atoms. The zero-order chi connectivity index (χ0) is 23.0. The third-order valence-corrected chi connectivity index (χ3v) is 9.06. The average molecular weight is 464 g/mol. The van der Waals surface area contributed by atoms with Crippen molar-refractivity contribution in [2.24, 2.45) is 5.41 Å². The van der Waals surface area contributed by atoms with Crippen molar-refractivity contribution in [1.29, 1.82) is 5.26 Å². The van der Waals surface area contributed by atoms with Gasteiger partial charge in [0.2, 0.25) is 10.0 Å². The lowest BCUT2D eigenvalue weighted by Gasteiger charge is -2.38. The van der Waals surface area contributed by atoms with E-state index in [1.165, 1.54) is 16.9 Å². The standard InChI is InChI=1S/C23H25N7O2S/c1-16-12-28(7-8-29(16)33(2,31)32)20-10-21(26-15-25-20)30-19-9-18(4-3-17(19)11-27-30)23(14-24)13-22(23)5-6-22/h3-4,9-11,15-16H,5-8,12-13H2,1-2H3/t16-,23+/m0/s1. The molecule has 170 valence electrons. The van der Waals surface area contributed by atoms with E-state index in [9.17, 15) is 13.7 Å². The number of rotatable bonds is 4. The molecule has 33 heavy (non-hydrogen) atoms. The Morgan fingerprint density at radius 3 is 2.61 bits per heavy atom. The van der Waals surface area contributed by atoms with Crippen LogP contribution in [0.2, 0.25) is 0 Å². The van der Waals surface area contributed by atoms with Gasteiger partial charge in [-0.1, -0.05) is 12.1 Å². The maximum absolute atomic E-state index is 12.0. The smallest absolute Gasteiger partial charge is 0.211 e. The Bertz CT molecular complexity index is 1420. The van der Waals surface area contributed by atoms with E-state index < -0.39 is 10.0 Å². The summed E-state index contributed by atoms with van der Waals surface area (Å²) in [6, 6.07) is 10.5. The van der Waals surface area contributed by atoms with E-state index in [0.29, 0.717) is 25.5 Å². The Balaban J connectivity index is 1.33. The van der Waals surface area contributed by atoms with Crippen LogP contribution < -0.4 is 4.90 Å². The number of hydrogen-bond acceptors (Lipinski definition) is 7. The highest BCUT2D eigenvalue weighted by Crippen LogP contribution is 2.78. The van der Waals surface area contributed by atoms with Gasteiger partial charge in [0.05, 0.1) is 29.5 Å². The molecule has 1 aromatic carbocycles. The zero-order valence-electron chi connectivity index (χ0n) is 18.6. The van der Waals surface area contributed by atoms with Crippen molar-refractivity contribution in [3.8, 4) is 11.9 Å². The Labute approximate surface area is 192 Å². The van der Waals surface area contributed by atoms with Crippen LogP contribution in [0.1, 0.15) is 31.7 Å². The number of hydrogen-bond donors (Lipinski definition) is 0. The number of nitrogens with zero attached hydrogens (tertiary/aromatic N) is 7. The molecule has 3 heterocycles. The van der Waals surface area contributed by atoms with Gasteiger partial charge in [-0.2, -0.15) is 14.7 Å². The minimum absolute atomic E-state index is 0.143. The summed E-state index contributed by atoms with van der Waals surface area (Å²) in [5, 5.41) is 15.5. The molecule has 0 amide bonds. The van der Waals surface area contributed by atoms with Gasteiger partial charge in [-0.15, -0.1) is 0 Å². The quantitative estimate of drug-likeness (QED) is 0.584. The minimum atomic E-state index is -3.23. The van der Waals surface area contributed by atoms with Crippen LogP contribution >= 0.6 is 0 Å². The predicted octanol–water partition coefficient (Wildman–Crippen LogP) is 2.23. The fourth-order valence-electron chi connectivity index (χ4n) is 5.58. The normalized spacial score (nSPS) is 26.5. The molecule has 3 aromatic rings. The number of aromatic nitrogens is 4. The average Bonchev–Trinajstić information content (AvgIpc) is 3.67. The third-order valence-electron chi connectivity index (χ3n) is 7.66. The zero-order valence-corrected chi connectivity index (χ0v) is 19.5. The molecule has 0 radical (unpaired) electrons. The fraction of sp³-hybridized carbons (Fsp3) is 0.478. The van der Waals surface area contributed by atoms with Gasteiger partial charge in [0.25, 0.3) is 0 Å². The molecular formula is C23H25N7O2S. The van der Waals surface area contributed by atoms with Gasteiger partial charge < -0.3 is 4.90 Å². The summed E-state index contributed by atoms with van der Waals surface area (Å²) in [5.41, 5.74) is 1.83. The van der Waals surface area contributed by atoms with E-state index in [2.05, 4.69) is 38.2 Å². The van der Waals surface area contributed by atoms with Crippen molar-refractivity contribution in [3.05, 3.63) is 42.4 Å². The molecule has 3 aliphatic rings. The maximum atomic E-state index is 12.0. The molecule has 0 bridgehead atoms. The van der Waals surface area contributed by atoms with Crippen LogP contribution in [0.15, 0.2) is 36.8 Å². The van der Waals surface area contributed by atoms with Crippen LogP contribution in [0, 0.1) is 16.7 Å². The van der Waals surface area contributed by atoms with Gasteiger partial charge in [-0.25, -0.2) is 23.1 Å². The van der Waals surface area contributed by atoms with Crippen LogP contribution in [-0.2, 0) is 15.4 Å². The minimum Gasteiger partial charge on any atom is -0.354 e.